The van der Waals surface area contributed by atoms with Crippen LogP contribution in [-0.2, 0) is 11.3 Å². The van der Waals surface area contributed by atoms with Crippen molar-refractivity contribution in [3.05, 3.63) is 12.4 Å². The molecule has 0 fully saturated rings. The third-order valence-corrected chi connectivity index (χ3v) is 2.65. The molecule has 0 unspecified atom stereocenters. The number of anilines is 1. The molecular formula is C10H19N3OS. The van der Waals surface area contributed by atoms with Gasteiger partial charge in [-0.25, -0.2) is 4.98 Å². The van der Waals surface area contributed by atoms with Crippen LogP contribution in [0, 0.1) is 0 Å². The van der Waals surface area contributed by atoms with Crippen LogP contribution in [0.2, 0.25) is 0 Å². The molecule has 0 aliphatic rings. The lowest BCUT2D eigenvalue weighted by Crippen LogP contribution is -2.11. The lowest BCUT2D eigenvalue weighted by molar-refractivity contribution is 0.197. The first-order chi connectivity index (χ1) is 7.38. The van der Waals surface area contributed by atoms with Gasteiger partial charge in [-0.3, -0.25) is 0 Å². The molecule has 0 atom stereocenters. The van der Waals surface area contributed by atoms with Crippen LogP contribution >= 0.6 is 11.8 Å². The van der Waals surface area contributed by atoms with Crippen molar-refractivity contribution in [2.24, 2.45) is 0 Å². The third kappa shape index (κ3) is 4.57. The van der Waals surface area contributed by atoms with Gasteiger partial charge in [-0.05, 0) is 12.7 Å². The van der Waals surface area contributed by atoms with E-state index in [1.165, 1.54) is 0 Å². The second-order valence-corrected chi connectivity index (χ2v) is 4.20. The van der Waals surface area contributed by atoms with E-state index in [0.717, 1.165) is 37.8 Å². The summed E-state index contributed by atoms with van der Waals surface area (Å²) in [5.74, 6) is 2.07. The summed E-state index contributed by atoms with van der Waals surface area (Å²) in [4.78, 5) is 4.27. The van der Waals surface area contributed by atoms with Crippen LogP contribution < -0.4 is 5.32 Å². The van der Waals surface area contributed by atoms with Crippen molar-refractivity contribution in [1.29, 1.82) is 0 Å². The number of methoxy groups -OCH3 is 1. The highest BCUT2D eigenvalue weighted by Gasteiger charge is 2.00. The summed E-state index contributed by atoms with van der Waals surface area (Å²) in [6, 6.07) is 0. The van der Waals surface area contributed by atoms with Gasteiger partial charge in [-0.2, -0.15) is 11.8 Å². The molecular weight excluding hydrogens is 210 g/mol. The molecule has 1 aromatic rings. The Kier molecular flexibility index (Phi) is 6.27. The minimum absolute atomic E-state index is 0.790. The van der Waals surface area contributed by atoms with Crippen molar-refractivity contribution in [2.45, 2.75) is 13.0 Å². The van der Waals surface area contributed by atoms with Gasteiger partial charge < -0.3 is 14.6 Å². The number of nitrogens with zero attached hydrogens (tertiary/aromatic N) is 2. The first-order valence-electron chi connectivity index (χ1n) is 5.11. The number of ether oxygens (including phenoxy) is 1. The van der Waals surface area contributed by atoms with E-state index in [4.69, 9.17) is 4.74 Å². The lowest BCUT2D eigenvalue weighted by atomic mass is 10.4. The molecule has 0 bridgehead atoms. The Hall–Kier alpha value is -0.680. The van der Waals surface area contributed by atoms with Crippen LogP contribution in [0.3, 0.4) is 0 Å². The highest BCUT2D eigenvalue weighted by molar-refractivity contribution is 7.98. The Morgan fingerprint density at radius 3 is 3.20 bits per heavy atom. The summed E-state index contributed by atoms with van der Waals surface area (Å²) in [6.45, 7) is 2.70. The Balaban J connectivity index is 2.29. The first-order valence-corrected chi connectivity index (χ1v) is 6.50. The molecule has 86 valence electrons. The van der Waals surface area contributed by atoms with Gasteiger partial charge in [-0.1, -0.05) is 0 Å². The van der Waals surface area contributed by atoms with E-state index in [1.807, 2.05) is 24.2 Å². The Morgan fingerprint density at radius 2 is 2.47 bits per heavy atom. The predicted octanol–water partition coefficient (Wildman–Crippen LogP) is 1.69. The molecule has 0 amide bonds. The average Bonchev–Trinajstić information content (AvgIpc) is 2.69. The first kappa shape index (κ1) is 12.4. The monoisotopic (exact) mass is 229 g/mol. The van der Waals surface area contributed by atoms with Crippen LogP contribution in [0.15, 0.2) is 12.4 Å². The van der Waals surface area contributed by atoms with Gasteiger partial charge in [0.2, 0.25) is 5.95 Å². The summed E-state index contributed by atoms with van der Waals surface area (Å²) in [5, 5.41) is 3.30. The molecule has 0 aliphatic heterocycles. The van der Waals surface area contributed by atoms with Gasteiger partial charge in [0, 0.05) is 45.0 Å². The van der Waals surface area contributed by atoms with Crippen molar-refractivity contribution < 1.29 is 4.74 Å². The van der Waals surface area contributed by atoms with E-state index in [1.54, 1.807) is 7.11 Å². The van der Waals surface area contributed by atoms with Crippen LogP contribution in [0.5, 0.6) is 0 Å². The topological polar surface area (TPSA) is 39.1 Å². The predicted molar refractivity (Wildman–Crippen MR) is 65.6 cm³/mol. The molecule has 1 N–H and O–H groups in total. The third-order valence-electron chi connectivity index (χ3n) is 2.06. The number of thioether (sulfide) groups is 1. The molecule has 1 heterocycles. The van der Waals surface area contributed by atoms with E-state index in [0.29, 0.717) is 0 Å². The number of aryl methyl sites for hydroxylation is 1. The summed E-state index contributed by atoms with van der Waals surface area (Å²) in [5.41, 5.74) is 0. The molecule has 4 nitrogen and oxygen atoms in total. The van der Waals surface area contributed by atoms with Crippen molar-refractivity contribution in [1.82, 2.24) is 9.55 Å². The van der Waals surface area contributed by atoms with Crippen LogP contribution in [-0.4, -0.2) is 41.8 Å². The van der Waals surface area contributed by atoms with Crippen LogP contribution in [0.4, 0.5) is 5.95 Å². The maximum Gasteiger partial charge on any atom is 0.202 e. The summed E-state index contributed by atoms with van der Waals surface area (Å²) in [6.07, 6.45) is 6.96. The fourth-order valence-electron chi connectivity index (χ4n) is 1.26. The number of hydrogen-bond acceptors (Lipinski definition) is 4. The van der Waals surface area contributed by atoms with Crippen molar-refractivity contribution in [3.63, 3.8) is 0 Å². The van der Waals surface area contributed by atoms with Crippen molar-refractivity contribution >= 4 is 17.7 Å². The van der Waals surface area contributed by atoms with Gasteiger partial charge in [0.25, 0.3) is 0 Å². The van der Waals surface area contributed by atoms with E-state index in [9.17, 15) is 0 Å². The Labute approximate surface area is 95.4 Å². The van der Waals surface area contributed by atoms with E-state index in [-0.39, 0.29) is 0 Å². The molecule has 0 aliphatic carbocycles. The fraction of sp³-hybridized carbons (Fsp3) is 0.700. The lowest BCUT2D eigenvalue weighted by Gasteiger charge is -2.08. The highest BCUT2D eigenvalue weighted by atomic mass is 32.2. The van der Waals surface area contributed by atoms with Crippen LogP contribution in [0.1, 0.15) is 6.42 Å². The average molecular weight is 229 g/mol. The zero-order chi connectivity index (χ0) is 10.9. The zero-order valence-electron chi connectivity index (χ0n) is 9.40. The molecule has 0 spiro atoms. The summed E-state index contributed by atoms with van der Waals surface area (Å²) >= 11 is 1.84. The number of hydrogen-bond donors (Lipinski definition) is 1. The van der Waals surface area contributed by atoms with Gasteiger partial charge >= 0.3 is 0 Å². The molecule has 15 heavy (non-hydrogen) atoms. The molecule has 0 saturated heterocycles. The fourth-order valence-corrected chi connectivity index (χ4v) is 1.64. The Morgan fingerprint density at radius 1 is 1.60 bits per heavy atom. The number of aromatic nitrogens is 2. The van der Waals surface area contributed by atoms with Gasteiger partial charge in [0.15, 0.2) is 0 Å². The Bertz CT molecular complexity index is 265. The van der Waals surface area contributed by atoms with Gasteiger partial charge in [-0.15, -0.1) is 0 Å². The maximum atomic E-state index is 4.99. The van der Waals surface area contributed by atoms with E-state index in [2.05, 4.69) is 21.1 Å². The normalized spacial score (nSPS) is 10.5. The number of nitrogens with one attached hydrogen (secondary N) is 1. The maximum absolute atomic E-state index is 4.99. The smallest absolute Gasteiger partial charge is 0.202 e. The highest BCUT2D eigenvalue weighted by Crippen LogP contribution is 2.05. The molecule has 0 radical (unpaired) electrons. The van der Waals surface area contributed by atoms with E-state index >= 15 is 0 Å². The SMILES string of the molecule is COCCCNc1nccn1CCSC. The summed E-state index contributed by atoms with van der Waals surface area (Å²) < 4.78 is 7.13. The van der Waals surface area contributed by atoms with Crippen molar-refractivity contribution in [3.8, 4) is 0 Å². The minimum atomic E-state index is 0.790. The number of rotatable bonds is 8. The number of imidazole rings is 1. The van der Waals surface area contributed by atoms with Gasteiger partial charge in [0.1, 0.15) is 0 Å². The van der Waals surface area contributed by atoms with Crippen molar-refractivity contribution in [2.75, 3.05) is 37.6 Å². The van der Waals surface area contributed by atoms with E-state index < -0.39 is 0 Å². The zero-order valence-corrected chi connectivity index (χ0v) is 10.2. The standard InChI is InChI=1S/C10H19N3OS/c1-14-8-3-4-11-10-12-5-6-13(10)7-9-15-2/h5-6H,3-4,7-9H2,1-2H3,(H,11,12). The quantitative estimate of drug-likeness (QED) is 0.689. The molecule has 0 saturated carbocycles. The largest absolute Gasteiger partial charge is 0.385 e. The second kappa shape index (κ2) is 7.59. The molecule has 0 aromatic carbocycles. The summed E-state index contributed by atoms with van der Waals surface area (Å²) in [7, 11) is 1.72. The molecule has 5 heteroatoms. The van der Waals surface area contributed by atoms with Crippen LogP contribution in [0.25, 0.3) is 0 Å². The second-order valence-electron chi connectivity index (χ2n) is 3.21. The minimum Gasteiger partial charge on any atom is -0.385 e. The molecule has 1 aromatic heterocycles. The molecule has 1 rings (SSSR count). The van der Waals surface area contributed by atoms with Gasteiger partial charge in [0.05, 0.1) is 0 Å².